The van der Waals surface area contributed by atoms with Crippen LogP contribution in [-0.2, 0) is 4.79 Å². The second-order valence-corrected chi connectivity index (χ2v) is 6.09. The fourth-order valence-corrected chi connectivity index (χ4v) is 2.73. The van der Waals surface area contributed by atoms with Crippen molar-refractivity contribution in [3.63, 3.8) is 0 Å². The molecule has 1 amide bonds. The molecule has 1 heterocycles. The maximum Gasteiger partial charge on any atom is 0.217 e. The second kappa shape index (κ2) is 7.02. The fraction of sp³-hybridized carbons (Fsp3) is 0.400. The summed E-state index contributed by atoms with van der Waals surface area (Å²) in [6.45, 7) is 2.08. The zero-order valence-corrected chi connectivity index (χ0v) is 12.8. The summed E-state index contributed by atoms with van der Waals surface area (Å²) >= 11 is 3.40. The molecule has 20 heavy (non-hydrogen) atoms. The van der Waals surface area contributed by atoms with Gasteiger partial charge in [0.15, 0.2) is 0 Å². The summed E-state index contributed by atoms with van der Waals surface area (Å²) in [5.74, 6) is -0.380. The van der Waals surface area contributed by atoms with E-state index in [1.54, 1.807) is 0 Å². The number of aliphatic hydroxyl groups excluding tert-OH is 1. The summed E-state index contributed by atoms with van der Waals surface area (Å²) in [4.78, 5) is 13.0. The van der Waals surface area contributed by atoms with Crippen molar-refractivity contribution < 1.29 is 9.90 Å². The van der Waals surface area contributed by atoms with Crippen LogP contribution in [0.4, 0.5) is 0 Å². The third-order valence-electron chi connectivity index (χ3n) is 3.49. The number of benzene rings is 1. The number of hydrogen-bond acceptors (Lipinski definition) is 3. The lowest BCUT2D eigenvalue weighted by Crippen LogP contribution is -2.24. The second-order valence-electron chi connectivity index (χ2n) is 5.17. The molecule has 1 aromatic rings. The van der Waals surface area contributed by atoms with Gasteiger partial charge in [-0.25, -0.2) is 0 Å². The maximum atomic E-state index is 10.9. The van der Waals surface area contributed by atoms with Gasteiger partial charge in [0.25, 0.3) is 0 Å². The van der Waals surface area contributed by atoms with E-state index in [4.69, 9.17) is 5.73 Å². The van der Waals surface area contributed by atoms with Gasteiger partial charge >= 0.3 is 0 Å². The van der Waals surface area contributed by atoms with E-state index in [1.165, 1.54) is 0 Å². The van der Waals surface area contributed by atoms with E-state index in [0.29, 0.717) is 6.54 Å². The smallest absolute Gasteiger partial charge is 0.217 e. The van der Waals surface area contributed by atoms with E-state index in [2.05, 4.69) is 33.0 Å². The first kappa shape index (κ1) is 15.2. The molecular formula is C15H19BrN2O2. The van der Waals surface area contributed by atoms with Crippen molar-refractivity contribution in [1.29, 1.82) is 0 Å². The van der Waals surface area contributed by atoms with Gasteiger partial charge in [-0.15, -0.1) is 0 Å². The largest absolute Gasteiger partial charge is 0.391 e. The van der Waals surface area contributed by atoms with Crippen LogP contribution in [0.15, 0.2) is 34.8 Å². The number of primary amides is 1. The van der Waals surface area contributed by atoms with E-state index < -0.39 is 6.10 Å². The van der Waals surface area contributed by atoms with Crippen molar-refractivity contribution in [2.24, 2.45) is 11.7 Å². The first-order valence-corrected chi connectivity index (χ1v) is 7.44. The van der Waals surface area contributed by atoms with Crippen LogP contribution in [0, 0.1) is 5.92 Å². The molecule has 0 radical (unpaired) electrons. The summed E-state index contributed by atoms with van der Waals surface area (Å²) in [7, 11) is 0. The molecule has 0 saturated carbocycles. The summed E-state index contributed by atoms with van der Waals surface area (Å²) in [5, 5.41) is 9.88. The number of nitrogens with two attached hydrogens (primary N) is 1. The third kappa shape index (κ3) is 4.44. The Kier molecular flexibility index (Phi) is 5.34. The molecule has 2 atom stereocenters. The summed E-state index contributed by atoms with van der Waals surface area (Å²) < 4.78 is 1.06. The number of amides is 1. The van der Waals surface area contributed by atoms with E-state index in [9.17, 15) is 9.90 Å². The number of halogens is 1. The molecule has 2 rings (SSSR count). The van der Waals surface area contributed by atoms with Gasteiger partial charge in [-0.2, -0.15) is 0 Å². The van der Waals surface area contributed by atoms with Gasteiger partial charge in [-0.1, -0.05) is 40.2 Å². The minimum absolute atomic E-state index is 0.0337. The summed E-state index contributed by atoms with van der Waals surface area (Å²) in [6, 6.07) is 8.08. The highest BCUT2D eigenvalue weighted by molar-refractivity contribution is 9.10. The monoisotopic (exact) mass is 338 g/mol. The van der Waals surface area contributed by atoms with Gasteiger partial charge < -0.3 is 10.8 Å². The van der Waals surface area contributed by atoms with Crippen LogP contribution in [0.3, 0.4) is 0 Å². The summed E-state index contributed by atoms with van der Waals surface area (Å²) in [6.07, 6.45) is 3.93. The van der Waals surface area contributed by atoms with Gasteiger partial charge in [-0.3, -0.25) is 9.69 Å². The highest BCUT2D eigenvalue weighted by Gasteiger charge is 2.31. The number of carbonyl (C=O) groups excluding carboxylic acids is 1. The Hall–Kier alpha value is -1.17. The molecule has 3 N–H and O–H groups in total. The number of rotatable bonds is 5. The SMILES string of the molecule is NC(=O)C[C@@H]1CN(CC=Cc2ccc(Br)cc2)C[C@H]1O. The average Bonchev–Trinajstić information content (AvgIpc) is 2.72. The van der Waals surface area contributed by atoms with Crippen LogP contribution in [0.5, 0.6) is 0 Å². The molecule has 0 aliphatic carbocycles. The van der Waals surface area contributed by atoms with Crippen molar-refractivity contribution in [2.75, 3.05) is 19.6 Å². The fourth-order valence-electron chi connectivity index (χ4n) is 2.46. The van der Waals surface area contributed by atoms with Gasteiger partial charge in [0.1, 0.15) is 0 Å². The van der Waals surface area contributed by atoms with Crippen molar-refractivity contribution in [3.8, 4) is 0 Å². The predicted octanol–water partition coefficient (Wildman–Crippen LogP) is 1.63. The van der Waals surface area contributed by atoms with Crippen molar-refractivity contribution >= 4 is 27.9 Å². The van der Waals surface area contributed by atoms with Gasteiger partial charge in [0.05, 0.1) is 6.10 Å². The Balaban J connectivity index is 1.83. The molecule has 5 heteroatoms. The number of carbonyl (C=O) groups is 1. The van der Waals surface area contributed by atoms with Crippen molar-refractivity contribution in [1.82, 2.24) is 4.90 Å². The number of β-amino-alcohol motifs (C(OH)–C–C–N with tert-alkyl or cyclic N) is 1. The highest BCUT2D eigenvalue weighted by Crippen LogP contribution is 2.20. The Morgan fingerprint density at radius 2 is 2.10 bits per heavy atom. The molecule has 1 aliphatic rings. The number of likely N-dealkylation sites (tertiary alicyclic amines) is 1. The first-order valence-electron chi connectivity index (χ1n) is 6.65. The Morgan fingerprint density at radius 3 is 2.75 bits per heavy atom. The van der Waals surface area contributed by atoms with Gasteiger partial charge in [0, 0.05) is 36.4 Å². The first-order chi connectivity index (χ1) is 9.54. The molecule has 108 valence electrons. The van der Waals surface area contributed by atoms with Crippen LogP contribution in [-0.4, -0.2) is 41.7 Å². The van der Waals surface area contributed by atoms with Crippen LogP contribution in [0.25, 0.3) is 6.08 Å². The zero-order chi connectivity index (χ0) is 14.5. The molecule has 4 nitrogen and oxygen atoms in total. The number of hydrogen-bond donors (Lipinski definition) is 2. The van der Waals surface area contributed by atoms with Crippen LogP contribution in [0.2, 0.25) is 0 Å². The standard InChI is InChI=1S/C15H19BrN2O2/c16-13-5-3-11(4-6-13)2-1-7-18-9-12(8-15(17)20)14(19)10-18/h1-6,12,14,19H,7-10H2,(H2,17,20)/t12-,14-/m1/s1. The highest BCUT2D eigenvalue weighted by atomic mass is 79.9. The zero-order valence-electron chi connectivity index (χ0n) is 11.2. The third-order valence-corrected chi connectivity index (χ3v) is 4.02. The number of aliphatic hydroxyl groups is 1. The molecule has 0 bridgehead atoms. The molecule has 0 spiro atoms. The lowest BCUT2D eigenvalue weighted by Gasteiger charge is -2.12. The Morgan fingerprint density at radius 1 is 1.40 bits per heavy atom. The van der Waals surface area contributed by atoms with Crippen LogP contribution in [0.1, 0.15) is 12.0 Å². The quantitative estimate of drug-likeness (QED) is 0.857. The molecule has 1 aromatic carbocycles. The lowest BCUT2D eigenvalue weighted by molar-refractivity contribution is -0.119. The van der Waals surface area contributed by atoms with E-state index >= 15 is 0 Å². The molecule has 0 unspecified atom stereocenters. The average molecular weight is 339 g/mol. The molecule has 0 aromatic heterocycles. The van der Waals surface area contributed by atoms with E-state index in [1.807, 2.05) is 24.3 Å². The normalized spacial score (nSPS) is 23.5. The maximum absolute atomic E-state index is 10.9. The summed E-state index contributed by atoms with van der Waals surface area (Å²) in [5.41, 5.74) is 6.32. The molecule has 1 aliphatic heterocycles. The van der Waals surface area contributed by atoms with Crippen LogP contribution >= 0.6 is 15.9 Å². The Labute approximate surface area is 127 Å². The minimum Gasteiger partial charge on any atom is -0.391 e. The topological polar surface area (TPSA) is 66.6 Å². The minimum atomic E-state index is -0.455. The predicted molar refractivity (Wildman–Crippen MR) is 82.9 cm³/mol. The van der Waals surface area contributed by atoms with Crippen molar-refractivity contribution in [3.05, 3.63) is 40.4 Å². The molecule has 1 fully saturated rings. The van der Waals surface area contributed by atoms with Gasteiger partial charge in [-0.05, 0) is 17.7 Å². The van der Waals surface area contributed by atoms with Crippen molar-refractivity contribution in [2.45, 2.75) is 12.5 Å². The van der Waals surface area contributed by atoms with Gasteiger partial charge in [0.2, 0.25) is 5.91 Å². The van der Waals surface area contributed by atoms with E-state index in [0.717, 1.165) is 23.1 Å². The lowest BCUT2D eigenvalue weighted by atomic mass is 10.0. The number of nitrogens with zero attached hydrogens (tertiary/aromatic N) is 1. The Bertz CT molecular complexity index is 487. The molecular weight excluding hydrogens is 320 g/mol. The molecule has 1 saturated heterocycles. The van der Waals surface area contributed by atoms with Crippen LogP contribution < -0.4 is 5.73 Å². The van der Waals surface area contributed by atoms with E-state index in [-0.39, 0.29) is 18.2 Å².